The van der Waals surface area contributed by atoms with E-state index in [4.69, 9.17) is 16.2 Å². The molecule has 0 aliphatic carbocycles. The fourth-order valence-corrected chi connectivity index (χ4v) is 6.20. The molecule has 6 aromatic rings. The second kappa shape index (κ2) is 18.2. The monoisotopic (exact) mass is 780 g/mol. The number of anilines is 2. The molecule has 4 amide bonds. The quantitative estimate of drug-likeness (QED) is 0.0693. The normalized spacial score (nSPS) is 11.2. The first kappa shape index (κ1) is 41.3. The van der Waals surface area contributed by atoms with Gasteiger partial charge in [-0.3, -0.25) is 39.2 Å². The molecule has 57 heavy (non-hydrogen) atoms. The zero-order valence-corrected chi connectivity index (χ0v) is 32.9. The molecular weight excluding hydrogens is 733 g/mol. The maximum Gasteiger partial charge on any atom is 0.276 e. The molecule has 18 heteroatoms. The molecule has 2 aromatic carbocycles. The van der Waals surface area contributed by atoms with Gasteiger partial charge in [0.25, 0.3) is 11.8 Å². The van der Waals surface area contributed by atoms with Gasteiger partial charge in [-0.25, -0.2) is 9.97 Å². The number of hydrogen-bond donors (Lipinski definition) is 5. The van der Waals surface area contributed by atoms with Gasteiger partial charge in [0.05, 0.1) is 34.5 Å². The van der Waals surface area contributed by atoms with E-state index < -0.39 is 23.6 Å². The number of aromatic nitrogens is 8. The first-order chi connectivity index (χ1) is 27.4. The maximum absolute atomic E-state index is 13.6. The van der Waals surface area contributed by atoms with Gasteiger partial charge in [0.1, 0.15) is 22.7 Å². The van der Waals surface area contributed by atoms with Crippen molar-refractivity contribution >= 4 is 57.6 Å². The summed E-state index contributed by atoms with van der Waals surface area (Å²) in [6.07, 6.45) is 4.01. The lowest BCUT2D eigenvalue weighted by molar-refractivity contribution is 0.0992. The number of benzene rings is 2. The molecule has 4 heterocycles. The molecular formula is C39H48N12O6. The smallest absolute Gasteiger partial charge is 0.276 e. The van der Waals surface area contributed by atoms with Crippen LogP contribution in [-0.4, -0.2) is 80.6 Å². The number of carbonyl (C=O) groups is 4. The maximum atomic E-state index is 13.6. The first-order valence-electron chi connectivity index (χ1n) is 18.7. The lowest BCUT2D eigenvalue weighted by Crippen LogP contribution is -2.20. The van der Waals surface area contributed by atoms with Crippen molar-refractivity contribution in [2.45, 2.75) is 74.1 Å². The number of aryl methyl sites for hydroxylation is 4. The molecule has 0 aliphatic heterocycles. The predicted octanol–water partition coefficient (Wildman–Crippen LogP) is 4.18. The van der Waals surface area contributed by atoms with E-state index in [9.17, 15) is 24.3 Å². The highest BCUT2D eigenvalue weighted by molar-refractivity contribution is 6.05. The van der Waals surface area contributed by atoms with Crippen LogP contribution in [-0.2, 0) is 26.2 Å². The minimum absolute atomic E-state index is 0.108. The zero-order valence-electron chi connectivity index (χ0n) is 32.9. The second-order valence-electron chi connectivity index (χ2n) is 12.6. The molecule has 6 rings (SSSR count). The van der Waals surface area contributed by atoms with Crippen molar-refractivity contribution in [3.8, 4) is 5.75 Å². The minimum atomic E-state index is -0.691. The molecule has 0 fully saturated rings. The third-order valence-corrected chi connectivity index (χ3v) is 8.75. The summed E-state index contributed by atoms with van der Waals surface area (Å²) in [5, 5.41) is 23.9. The van der Waals surface area contributed by atoms with Gasteiger partial charge < -0.3 is 30.4 Å². The fraction of sp³-hybridized carbons (Fsp3) is 0.333. The number of imidazole rings is 2. The number of aliphatic hydroxyl groups is 1. The molecule has 0 atom stereocenters. The van der Waals surface area contributed by atoms with Gasteiger partial charge in [-0.2, -0.15) is 10.2 Å². The number of carbonyl (C=O) groups excluding carboxylic acids is 4. The van der Waals surface area contributed by atoms with Gasteiger partial charge in [-0.05, 0) is 70.2 Å². The molecule has 0 aliphatic rings. The van der Waals surface area contributed by atoms with E-state index in [0.29, 0.717) is 64.4 Å². The summed E-state index contributed by atoms with van der Waals surface area (Å²) in [6, 6.07) is 11.2. The van der Waals surface area contributed by atoms with E-state index >= 15 is 0 Å². The van der Waals surface area contributed by atoms with Crippen molar-refractivity contribution in [3.05, 3.63) is 88.5 Å². The molecule has 18 nitrogen and oxygen atoms in total. The molecule has 0 saturated carbocycles. The Balaban J connectivity index is 0.00000305. The Kier molecular flexibility index (Phi) is 13.2. The van der Waals surface area contributed by atoms with Gasteiger partial charge in [0.2, 0.25) is 23.7 Å². The standard InChI is InChI=1S/C37H42N12O6.C2H6/c1-5-48-28(16-21(3)44-48)34(53)42-36-40-25-18-23(32(38)51)10-11-27(25)46(36)12-7-8-13-47-31-26(19-24(33(39)52)20-30(31)55-15-9-14-50)41-37(47)43-35(54)29-17-22(4)45-49(29)6-2;1-2/h7-8,10-11,16-20,50H,5-6,9,12-15H2,1-4H3,(H2,38,51)(H2,39,52)(H,40,42,53)(H,41,43,54);1-2H3/b8-7+;. The summed E-state index contributed by atoms with van der Waals surface area (Å²) in [6.45, 7) is 12.7. The molecule has 4 aromatic heterocycles. The minimum Gasteiger partial charge on any atom is -0.491 e. The Labute approximate surface area is 328 Å². The van der Waals surface area contributed by atoms with Crippen LogP contribution < -0.4 is 26.8 Å². The summed E-state index contributed by atoms with van der Waals surface area (Å²) >= 11 is 0. The van der Waals surface area contributed by atoms with Crippen molar-refractivity contribution in [2.24, 2.45) is 11.5 Å². The Morgan fingerprint density at radius 2 is 1.28 bits per heavy atom. The Morgan fingerprint density at radius 1 is 0.754 bits per heavy atom. The Morgan fingerprint density at radius 3 is 1.82 bits per heavy atom. The Hall–Kier alpha value is -6.82. The molecule has 0 spiro atoms. The highest BCUT2D eigenvalue weighted by Gasteiger charge is 2.22. The summed E-state index contributed by atoms with van der Waals surface area (Å²) < 4.78 is 12.7. The van der Waals surface area contributed by atoms with E-state index in [1.54, 1.807) is 62.7 Å². The van der Waals surface area contributed by atoms with E-state index in [2.05, 4.69) is 30.8 Å². The summed E-state index contributed by atoms with van der Waals surface area (Å²) in [4.78, 5) is 60.6. The van der Waals surface area contributed by atoms with E-state index in [1.165, 1.54) is 12.1 Å². The summed E-state index contributed by atoms with van der Waals surface area (Å²) in [5.74, 6) is -1.47. The number of rotatable bonds is 16. The van der Waals surface area contributed by atoms with Crippen LogP contribution in [0, 0.1) is 13.8 Å². The van der Waals surface area contributed by atoms with Crippen molar-refractivity contribution in [3.63, 3.8) is 0 Å². The molecule has 0 unspecified atom stereocenters. The summed E-state index contributed by atoms with van der Waals surface area (Å²) in [5.41, 5.74) is 15.6. The van der Waals surface area contributed by atoms with E-state index in [-0.39, 0.29) is 55.1 Å². The van der Waals surface area contributed by atoms with E-state index in [1.807, 2.05) is 39.8 Å². The number of hydrogen-bond acceptors (Lipinski definition) is 10. The number of ether oxygens (including phenoxy) is 1. The highest BCUT2D eigenvalue weighted by Crippen LogP contribution is 2.32. The second-order valence-corrected chi connectivity index (χ2v) is 12.6. The van der Waals surface area contributed by atoms with Gasteiger partial charge in [-0.1, -0.05) is 26.0 Å². The average Bonchev–Trinajstić information content (AvgIpc) is 3.96. The number of primary amides is 2. The fourth-order valence-electron chi connectivity index (χ4n) is 6.20. The molecule has 7 N–H and O–H groups in total. The van der Waals surface area contributed by atoms with Crippen LogP contribution in [0.1, 0.15) is 87.2 Å². The van der Waals surface area contributed by atoms with Crippen LogP contribution in [0.15, 0.2) is 54.6 Å². The van der Waals surface area contributed by atoms with Crippen LogP contribution in [0.4, 0.5) is 11.9 Å². The number of nitrogens with one attached hydrogen (secondary N) is 2. The number of fused-ring (bicyclic) bond motifs is 2. The average molecular weight is 781 g/mol. The number of aliphatic hydroxyl groups excluding tert-OH is 1. The summed E-state index contributed by atoms with van der Waals surface area (Å²) in [7, 11) is 0. The topological polar surface area (TPSA) is 245 Å². The first-order valence-corrected chi connectivity index (χ1v) is 18.7. The van der Waals surface area contributed by atoms with Crippen LogP contribution >= 0.6 is 0 Å². The Bertz CT molecular complexity index is 2470. The van der Waals surface area contributed by atoms with Gasteiger partial charge in [-0.15, -0.1) is 0 Å². The number of nitrogens with two attached hydrogens (primary N) is 2. The van der Waals surface area contributed by atoms with Crippen LogP contribution in [0.25, 0.3) is 22.1 Å². The van der Waals surface area contributed by atoms with Crippen molar-refractivity contribution < 1.29 is 29.0 Å². The van der Waals surface area contributed by atoms with Crippen LogP contribution in [0.5, 0.6) is 5.75 Å². The number of allylic oxidation sites excluding steroid dienone is 2. The third-order valence-electron chi connectivity index (χ3n) is 8.75. The lowest BCUT2D eigenvalue weighted by Gasteiger charge is -2.13. The molecule has 300 valence electrons. The van der Waals surface area contributed by atoms with Crippen molar-refractivity contribution in [1.29, 1.82) is 0 Å². The van der Waals surface area contributed by atoms with Crippen LogP contribution in [0.2, 0.25) is 0 Å². The van der Waals surface area contributed by atoms with Crippen molar-refractivity contribution in [1.82, 2.24) is 38.7 Å². The van der Waals surface area contributed by atoms with Gasteiger partial charge in [0, 0.05) is 50.3 Å². The predicted molar refractivity (Wildman–Crippen MR) is 215 cm³/mol. The van der Waals surface area contributed by atoms with E-state index in [0.717, 1.165) is 0 Å². The third kappa shape index (κ3) is 9.02. The highest BCUT2D eigenvalue weighted by atomic mass is 16.5. The SMILES string of the molecule is CC.CCn1nc(C)cc1C(=O)Nc1nc2cc(C(N)=O)ccc2n1C/C=C/Cn1c(NC(=O)c2cc(C)nn2CC)nc2cc(C(N)=O)cc(OCCCO)c21. The molecule has 0 radical (unpaired) electrons. The lowest BCUT2D eigenvalue weighted by atomic mass is 10.1. The zero-order chi connectivity index (χ0) is 41.4. The largest absolute Gasteiger partial charge is 0.491 e. The molecule has 0 bridgehead atoms. The van der Waals surface area contributed by atoms with Crippen LogP contribution in [0.3, 0.4) is 0 Å². The molecule has 0 saturated heterocycles. The van der Waals surface area contributed by atoms with Crippen molar-refractivity contribution in [2.75, 3.05) is 23.8 Å². The number of amides is 4. The van der Waals surface area contributed by atoms with Gasteiger partial charge >= 0.3 is 0 Å². The van der Waals surface area contributed by atoms with Gasteiger partial charge in [0.15, 0.2) is 0 Å². The number of nitrogens with zero attached hydrogens (tertiary/aromatic N) is 8.